The molecule has 0 amide bonds. The minimum Gasteiger partial charge on any atom is -0.497 e. The Labute approximate surface area is 80.0 Å². The first-order chi connectivity index (χ1) is 6.13. The molecule has 0 bridgehead atoms. The molecular formula is C12H16O. The highest BCUT2D eigenvalue weighted by atomic mass is 16.5. The highest BCUT2D eigenvalue weighted by Crippen LogP contribution is 2.19. The van der Waals surface area contributed by atoms with E-state index in [1.807, 2.05) is 6.07 Å². The standard InChI is InChI=1S/C12H16O/c1-9(2)7-11-8-12(13-4)6-5-10(11)3/h5-8H,1-4H3. The smallest absolute Gasteiger partial charge is 0.119 e. The summed E-state index contributed by atoms with van der Waals surface area (Å²) in [4.78, 5) is 0. The Morgan fingerprint density at radius 1 is 1.31 bits per heavy atom. The number of hydrogen-bond donors (Lipinski definition) is 0. The van der Waals surface area contributed by atoms with Crippen LogP contribution in [0.25, 0.3) is 6.08 Å². The number of ether oxygens (including phenoxy) is 1. The van der Waals surface area contributed by atoms with Crippen molar-refractivity contribution < 1.29 is 4.74 Å². The fourth-order valence-electron chi connectivity index (χ4n) is 1.21. The first-order valence-corrected chi connectivity index (χ1v) is 4.43. The third-order valence-corrected chi connectivity index (χ3v) is 1.93. The largest absolute Gasteiger partial charge is 0.497 e. The summed E-state index contributed by atoms with van der Waals surface area (Å²) in [5, 5.41) is 0. The van der Waals surface area contributed by atoms with Gasteiger partial charge in [-0.3, -0.25) is 0 Å². The van der Waals surface area contributed by atoms with Gasteiger partial charge in [0, 0.05) is 0 Å². The molecule has 1 nitrogen and oxygen atoms in total. The first-order valence-electron chi connectivity index (χ1n) is 4.43. The maximum atomic E-state index is 5.16. The average Bonchev–Trinajstić information content (AvgIpc) is 2.08. The van der Waals surface area contributed by atoms with Crippen LogP contribution in [-0.2, 0) is 0 Å². The topological polar surface area (TPSA) is 9.23 Å². The molecule has 1 rings (SSSR count). The Balaban J connectivity index is 3.11. The average molecular weight is 176 g/mol. The summed E-state index contributed by atoms with van der Waals surface area (Å²) in [5.74, 6) is 0.915. The van der Waals surface area contributed by atoms with Crippen molar-refractivity contribution in [1.29, 1.82) is 0 Å². The van der Waals surface area contributed by atoms with Gasteiger partial charge in [0.15, 0.2) is 0 Å². The van der Waals surface area contributed by atoms with Crippen LogP contribution in [0.5, 0.6) is 5.75 Å². The molecule has 0 fully saturated rings. The van der Waals surface area contributed by atoms with Gasteiger partial charge < -0.3 is 4.74 Å². The van der Waals surface area contributed by atoms with Gasteiger partial charge in [-0.25, -0.2) is 0 Å². The predicted molar refractivity (Wildman–Crippen MR) is 57.1 cm³/mol. The number of aryl methyl sites for hydroxylation is 1. The third kappa shape index (κ3) is 2.62. The van der Waals surface area contributed by atoms with E-state index in [2.05, 4.69) is 39.0 Å². The second-order valence-corrected chi connectivity index (χ2v) is 3.44. The summed E-state index contributed by atoms with van der Waals surface area (Å²) < 4.78 is 5.16. The number of rotatable bonds is 2. The number of allylic oxidation sites excluding steroid dienone is 1. The fourth-order valence-corrected chi connectivity index (χ4v) is 1.21. The van der Waals surface area contributed by atoms with Gasteiger partial charge in [-0.05, 0) is 44.0 Å². The van der Waals surface area contributed by atoms with Gasteiger partial charge in [0.1, 0.15) is 5.75 Å². The number of hydrogen-bond acceptors (Lipinski definition) is 1. The molecular weight excluding hydrogens is 160 g/mol. The highest BCUT2D eigenvalue weighted by Gasteiger charge is 1.97. The molecule has 0 unspecified atom stereocenters. The molecule has 1 aromatic carbocycles. The molecule has 0 N–H and O–H groups in total. The molecule has 0 aliphatic carbocycles. The summed E-state index contributed by atoms with van der Waals surface area (Å²) in [7, 11) is 1.69. The van der Waals surface area contributed by atoms with Gasteiger partial charge in [-0.15, -0.1) is 0 Å². The summed E-state index contributed by atoms with van der Waals surface area (Å²) in [5.41, 5.74) is 3.82. The monoisotopic (exact) mass is 176 g/mol. The Morgan fingerprint density at radius 3 is 2.54 bits per heavy atom. The summed E-state index contributed by atoms with van der Waals surface area (Å²) >= 11 is 0. The van der Waals surface area contributed by atoms with E-state index in [1.165, 1.54) is 16.7 Å². The Morgan fingerprint density at radius 2 is 2.00 bits per heavy atom. The normalized spacial score (nSPS) is 9.54. The van der Waals surface area contributed by atoms with E-state index < -0.39 is 0 Å². The Kier molecular flexibility index (Phi) is 3.13. The molecule has 1 heteroatoms. The zero-order valence-corrected chi connectivity index (χ0v) is 8.72. The van der Waals surface area contributed by atoms with Gasteiger partial charge in [-0.1, -0.05) is 17.7 Å². The van der Waals surface area contributed by atoms with Crippen molar-refractivity contribution in [3.63, 3.8) is 0 Å². The summed E-state index contributed by atoms with van der Waals surface area (Å²) in [6.45, 7) is 6.30. The molecule has 0 aliphatic rings. The second kappa shape index (κ2) is 4.13. The molecule has 0 saturated carbocycles. The minimum atomic E-state index is 0.915. The lowest BCUT2D eigenvalue weighted by molar-refractivity contribution is 0.414. The van der Waals surface area contributed by atoms with Crippen LogP contribution in [0.3, 0.4) is 0 Å². The number of benzene rings is 1. The molecule has 0 heterocycles. The molecule has 70 valence electrons. The van der Waals surface area contributed by atoms with Gasteiger partial charge in [-0.2, -0.15) is 0 Å². The van der Waals surface area contributed by atoms with Crippen LogP contribution in [0.4, 0.5) is 0 Å². The van der Waals surface area contributed by atoms with Crippen molar-refractivity contribution in [2.45, 2.75) is 20.8 Å². The van der Waals surface area contributed by atoms with E-state index >= 15 is 0 Å². The quantitative estimate of drug-likeness (QED) is 0.670. The van der Waals surface area contributed by atoms with Crippen LogP contribution < -0.4 is 4.74 Å². The van der Waals surface area contributed by atoms with Crippen molar-refractivity contribution in [2.24, 2.45) is 0 Å². The van der Waals surface area contributed by atoms with Crippen molar-refractivity contribution in [3.8, 4) is 5.75 Å². The molecule has 13 heavy (non-hydrogen) atoms. The lowest BCUT2D eigenvalue weighted by Crippen LogP contribution is -1.86. The van der Waals surface area contributed by atoms with Gasteiger partial charge >= 0.3 is 0 Å². The molecule has 0 saturated heterocycles. The third-order valence-electron chi connectivity index (χ3n) is 1.93. The van der Waals surface area contributed by atoms with E-state index in [1.54, 1.807) is 7.11 Å². The second-order valence-electron chi connectivity index (χ2n) is 3.44. The van der Waals surface area contributed by atoms with Crippen LogP contribution in [0.15, 0.2) is 23.8 Å². The van der Waals surface area contributed by atoms with Crippen molar-refractivity contribution >= 4 is 6.08 Å². The molecule has 0 aliphatic heterocycles. The van der Waals surface area contributed by atoms with Crippen molar-refractivity contribution in [2.75, 3.05) is 7.11 Å². The molecule has 0 aromatic heterocycles. The molecule has 1 aromatic rings. The Hall–Kier alpha value is -1.24. The van der Waals surface area contributed by atoms with Crippen LogP contribution in [0.2, 0.25) is 0 Å². The molecule has 0 radical (unpaired) electrons. The van der Waals surface area contributed by atoms with Crippen LogP contribution >= 0.6 is 0 Å². The SMILES string of the molecule is COc1ccc(C)c(C=C(C)C)c1. The lowest BCUT2D eigenvalue weighted by atomic mass is 10.1. The van der Waals surface area contributed by atoms with E-state index in [0.717, 1.165) is 5.75 Å². The van der Waals surface area contributed by atoms with Gasteiger partial charge in [0.2, 0.25) is 0 Å². The van der Waals surface area contributed by atoms with Gasteiger partial charge in [0.05, 0.1) is 7.11 Å². The van der Waals surface area contributed by atoms with E-state index in [9.17, 15) is 0 Å². The highest BCUT2D eigenvalue weighted by molar-refractivity contribution is 5.57. The summed E-state index contributed by atoms with van der Waals surface area (Å²) in [6, 6.07) is 6.12. The molecule has 0 atom stereocenters. The first kappa shape index (κ1) is 9.85. The lowest BCUT2D eigenvalue weighted by Gasteiger charge is -2.04. The van der Waals surface area contributed by atoms with E-state index in [0.29, 0.717) is 0 Å². The summed E-state index contributed by atoms with van der Waals surface area (Å²) in [6.07, 6.45) is 2.16. The van der Waals surface area contributed by atoms with E-state index in [4.69, 9.17) is 4.74 Å². The fraction of sp³-hybridized carbons (Fsp3) is 0.333. The van der Waals surface area contributed by atoms with Crippen LogP contribution in [0.1, 0.15) is 25.0 Å². The van der Waals surface area contributed by atoms with Crippen LogP contribution in [0, 0.1) is 6.92 Å². The number of methoxy groups -OCH3 is 1. The maximum absolute atomic E-state index is 5.16. The molecule has 0 spiro atoms. The van der Waals surface area contributed by atoms with Crippen molar-refractivity contribution in [3.05, 3.63) is 34.9 Å². The maximum Gasteiger partial charge on any atom is 0.119 e. The van der Waals surface area contributed by atoms with Crippen LogP contribution in [-0.4, -0.2) is 7.11 Å². The zero-order chi connectivity index (χ0) is 9.84. The zero-order valence-electron chi connectivity index (χ0n) is 8.72. The Bertz CT molecular complexity index is 320. The van der Waals surface area contributed by atoms with E-state index in [-0.39, 0.29) is 0 Å². The van der Waals surface area contributed by atoms with Gasteiger partial charge in [0.25, 0.3) is 0 Å². The minimum absolute atomic E-state index is 0.915. The van der Waals surface area contributed by atoms with Crippen molar-refractivity contribution in [1.82, 2.24) is 0 Å². The predicted octanol–water partition coefficient (Wildman–Crippen LogP) is 3.43.